The molecule has 146 valence electrons. The maximum atomic E-state index is 12.9. The number of ether oxygens (including phenoxy) is 1. The molecular formula is C17H19F3N4O3. The average molecular weight is 384 g/mol. The van der Waals surface area contributed by atoms with E-state index in [0.29, 0.717) is 6.42 Å². The fourth-order valence-corrected chi connectivity index (χ4v) is 2.40. The average Bonchev–Trinajstić information content (AvgIpc) is 3.11. The molecule has 0 fully saturated rings. The molecule has 0 aliphatic rings. The van der Waals surface area contributed by atoms with Gasteiger partial charge >= 0.3 is 12.3 Å². The number of nitrogens with one attached hydrogen (secondary N) is 3. The van der Waals surface area contributed by atoms with Gasteiger partial charge in [-0.1, -0.05) is 30.3 Å². The molecule has 1 heterocycles. The number of rotatable bonds is 7. The van der Waals surface area contributed by atoms with Crippen molar-refractivity contribution in [3.05, 3.63) is 53.3 Å². The molecular weight excluding hydrogens is 365 g/mol. The van der Waals surface area contributed by atoms with Gasteiger partial charge in [0.25, 0.3) is 5.91 Å². The molecule has 3 N–H and O–H groups in total. The number of benzene rings is 1. The van der Waals surface area contributed by atoms with Crippen LogP contribution in [0, 0.1) is 0 Å². The summed E-state index contributed by atoms with van der Waals surface area (Å²) in [5.74, 6) is -0.945. The summed E-state index contributed by atoms with van der Waals surface area (Å²) >= 11 is 0. The van der Waals surface area contributed by atoms with E-state index in [1.807, 2.05) is 30.3 Å². The molecule has 0 bridgehead atoms. The summed E-state index contributed by atoms with van der Waals surface area (Å²) < 4.78 is 43.4. The fraction of sp³-hybridized carbons (Fsp3) is 0.353. The molecule has 2 aromatic rings. The maximum absolute atomic E-state index is 12.9. The lowest BCUT2D eigenvalue weighted by Gasteiger charge is -2.19. The second kappa shape index (κ2) is 9.06. The van der Waals surface area contributed by atoms with E-state index in [0.717, 1.165) is 11.8 Å². The Bertz CT molecular complexity index is 762. The zero-order valence-electron chi connectivity index (χ0n) is 14.5. The highest BCUT2D eigenvalue weighted by atomic mass is 19.4. The van der Waals surface area contributed by atoms with Crippen molar-refractivity contribution < 1.29 is 27.5 Å². The minimum Gasteiger partial charge on any atom is -0.450 e. The van der Waals surface area contributed by atoms with Crippen molar-refractivity contribution in [2.75, 3.05) is 13.2 Å². The normalized spacial score (nSPS) is 12.3. The third-order valence-corrected chi connectivity index (χ3v) is 3.60. The largest absolute Gasteiger partial charge is 0.450 e. The van der Waals surface area contributed by atoms with Gasteiger partial charge in [-0.3, -0.25) is 9.89 Å². The van der Waals surface area contributed by atoms with Gasteiger partial charge in [0.05, 0.1) is 24.4 Å². The number of aromatic nitrogens is 2. The smallest absolute Gasteiger partial charge is 0.433 e. The molecule has 7 nitrogen and oxygen atoms in total. The van der Waals surface area contributed by atoms with Gasteiger partial charge in [0.15, 0.2) is 5.69 Å². The Labute approximate surface area is 153 Å². The van der Waals surface area contributed by atoms with Gasteiger partial charge in [0.1, 0.15) is 0 Å². The van der Waals surface area contributed by atoms with Crippen molar-refractivity contribution >= 4 is 12.0 Å². The van der Waals surface area contributed by atoms with Crippen LogP contribution >= 0.6 is 0 Å². The molecule has 0 radical (unpaired) electrons. The predicted octanol–water partition coefficient (Wildman–Crippen LogP) is 2.52. The Hall–Kier alpha value is -3.04. The highest BCUT2D eigenvalue weighted by molar-refractivity contribution is 5.95. The molecule has 0 saturated carbocycles. The maximum Gasteiger partial charge on any atom is 0.433 e. The van der Waals surface area contributed by atoms with Gasteiger partial charge < -0.3 is 15.4 Å². The SMILES string of the molecule is CCOC(=O)N[C@H](CNC(=O)c1cn[nH]c1C(F)(F)F)Cc1ccccc1. The molecule has 1 aromatic carbocycles. The van der Waals surface area contributed by atoms with E-state index in [9.17, 15) is 22.8 Å². The van der Waals surface area contributed by atoms with E-state index in [4.69, 9.17) is 4.74 Å². The molecule has 10 heteroatoms. The van der Waals surface area contributed by atoms with E-state index in [2.05, 4.69) is 15.7 Å². The Morgan fingerprint density at radius 3 is 2.59 bits per heavy atom. The molecule has 0 aliphatic carbocycles. The van der Waals surface area contributed by atoms with Crippen LogP contribution in [0.1, 0.15) is 28.5 Å². The molecule has 1 atom stereocenters. The van der Waals surface area contributed by atoms with Crippen LogP contribution in [0.2, 0.25) is 0 Å². The Morgan fingerprint density at radius 1 is 1.26 bits per heavy atom. The zero-order valence-corrected chi connectivity index (χ0v) is 14.5. The van der Waals surface area contributed by atoms with Gasteiger partial charge in [-0.25, -0.2) is 4.79 Å². The lowest BCUT2D eigenvalue weighted by Crippen LogP contribution is -2.45. The van der Waals surface area contributed by atoms with Crippen molar-refractivity contribution in [3.8, 4) is 0 Å². The summed E-state index contributed by atoms with van der Waals surface area (Å²) in [6.07, 6.45) is -4.23. The molecule has 0 unspecified atom stereocenters. The second-order valence-corrected chi connectivity index (χ2v) is 5.62. The highest BCUT2D eigenvalue weighted by Gasteiger charge is 2.37. The summed E-state index contributed by atoms with van der Waals surface area (Å²) in [7, 11) is 0. The molecule has 0 spiro atoms. The standard InChI is InChI=1S/C17H19F3N4O3/c1-2-27-16(26)23-12(8-11-6-4-3-5-7-11)9-21-15(25)13-10-22-24-14(13)17(18,19)20/h3-7,10,12H,2,8-9H2,1H3,(H,21,25)(H,22,24)(H,23,26)/t12-/m0/s1. The summed E-state index contributed by atoms with van der Waals surface area (Å²) in [5.41, 5.74) is -0.956. The van der Waals surface area contributed by atoms with E-state index >= 15 is 0 Å². The van der Waals surface area contributed by atoms with Crippen LogP contribution in [0.15, 0.2) is 36.5 Å². The first-order valence-corrected chi connectivity index (χ1v) is 8.17. The monoisotopic (exact) mass is 384 g/mol. The summed E-state index contributed by atoms with van der Waals surface area (Å²) in [6, 6.07) is 8.55. The first-order valence-electron chi connectivity index (χ1n) is 8.17. The third kappa shape index (κ3) is 6.01. The van der Waals surface area contributed by atoms with Gasteiger partial charge in [-0.2, -0.15) is 18.3 Å². The first kappa shape index (κ1) is 20.3. The fourth-order valence-electron chi connectivity index (χ4n) is 2.40. The van der Waals surface area contributed by atoms with Crippen molar-refractivity contribution in [3.63, 3.8) is 0 Å². The number of nitrogens with zero attached hydrogens (tertiary/aromatic N) is 1. The minimum absolute atomic E-state index is 0.0883. The van der Waals surface area contributed by atoms with Gasteiger partial charge in [0, 0.05) is 6.54 Å². The van der Waals surface area contributed by atoms with Crippen molar-refractivity contribution in [1.29, 1.82) is 0 Å². The molecule has 0 aliphatic heterocycles. The van der Waals surface area contributed by atoms with Crippen LogP contribution < -0.4 is 10.6 Å². The first-order chi connectivity index (χ1) is 12.8. The van der Waals surface area contributed by atoms with Crippen LogP contribution in [-0.2, 0) is 17.3 Å². The summed E-state index contributed by atoms with van der Waals surface area (Å²) in [4.78, 5) is 23.8. The molecule has 2 amide bonds. The predicted molar refractivity (Wildman–Crippen MR) is 90.0 cm³/mol. The topological polar surface area (TPSA) is 96.1 Å². The van der Waals surface area contributed by atoms with Gasteiger partial charge in [-0.05, 0) is 18.9 Å². The van der Waals surface area contributed by atoms with Crippen LogP contribution in [-0.4, -0.2) is 41.4 Å². The van der Waals surface area contributed by atoms with Gasteiger partial charge in [0.2, 0.25) is 0 Å². The van der Waals surface area contributed by atoms with Gasteiger partial charge in [-0.15, -0.1) is 0 Å². The van der Waals surface area contributed by atoms with Crippen molar-refractivity contribution in [2.45, 2.75) is 25.6 Å². The van der Waals surface area contributed by atoms with Crippen LogP contribution in [0.4, 0.5) is 18.0 Å². The number of halogens is 3. The van der Waals surface area contributed by atoms with E-state index < -0.39 is 35.5 Å². The Balaban J connectivity index is 2.05. The van der Waals surface area contributed by atoms with E-state index in [-0.39, 0.29) is 13.2 Å². The number of H-pyrrole nitrogens is 1. The number of alkyl carbamates (subject to hydrolysis) is 1. The Kier molecular flexibility index (Phi) is 6.80. The second-order valence-electron chi connectivity index (χ2n) is 5.62. The molecule has 2 rings (SSSR count). The zero-order chi connectivity index (χ0) is 19.9. The van der Waals surface area contributed by atoms with Crippen molar-refractivity contribution in [1.82, 2.24) is 20.8 Å². The number of hydrogen-bond donors (Lipinski definition) is 3. The molecule has 0 saturated heterocycles. The Morgan fingerprint density at radius 2 is 1.96 bits per heavy atom. The highest BCUT2D eigenvalue weighted by Crippen LogP contribution is 2.29. The third-order valence-electron chi connectivity index (χ3n) is 3.60. The summed E-state index contributed by atoms with van der Waals surface area (Å²) in [6.45, 7) is 1.72. The van der Waals surface area contributed by atoms with Crippen LogP contribution in [0.3, 0.4) is 0 Å². The number of hydrogen-bond acceptors (Lipinski definition) is 4. The van der Waals surface area contributed by atoms with E-state index in [1.165, 1.54) is 0 Å². The minimum atomic E-state index is -4.73. The lowest BCUT2D eigenvalue weighted by atomic mass is 10.1. The van der Waals surface area contributed by atoms with Crippen LogP contribution in [0.5, 0.6) is 0 Å². The number of carbonyl (C=O) groups is 2. The van der Waals surface area contributed by atoms with E-state index in [1.54, 1.807) is 12.0 Å². The molecule has 27 heavy (non-hydrogen) atoms. The van der Waals surface area contributed by atoms with Crippen LogP contribution in [0.25, 0.3) is 0 Å². The number of aromatic amines is 1. The van der Waals surface area contributed by atoms with Crippen molar-refractivity contribution in [2.24, 2.45) is 0 Å². The number of alkyl halides is 3. The summed E-state index contributed by atoms with van der Waals surface area (Å²) in [5, 5.41) is 10.0. The number of amides is 2. The lowest BCUT2D eigenvalue weighted by molar-refractivity contribution is -0.141. The molecule has 1 aromatic heterocycles. The number of carbonyl (C=O) groups excluding carboxylic acids is 2. The quantitative estimate of drug-likeness (QED) is 0.684.